The van der Waals surface area contributed by atoms with Gasteiger partial charge in [0.15, 0.2) is 0 Å². The van der Waals surface area contributed by atoms with Crippen molar-refractivity contribution in [3.05, 3.63) is 16.0 Å². The Labute approximate surface area is 121 Å². The molecule has 19 heavy (non-hydrogen) atoms. The first kappa shape index (κ1) is 14.3. The molecule has 2 rings (SSSR count). The molecule has 0 radical (unpaired) electrons. The molecule has 5 nitrogen and oxygen atoms in total. The zero-order valence-corrected chi connectivity index (χ0v) is 12.7. The van der Waals surface area contributed by atoms with E-state index in [9.17, 15) is 4.79 Å². The summed E-state index contributed by atoms with van der Waals surface area (Å²) in [6.07, 6.45) is -0.455. The molecule has 0 aliphatic carbocycles. The van der Waals surface area contributed by atoms with Crippen LogP contribution in [0.15, 0.2) is 0 Å². The number of carbonyl (C=O) groups excluding carboxylic acids is 1. The van der Waals surface area contributed by atoms with Crippen LogP contribution in [0.4, 0.5) is 10.6 Å². The van der Waals surface area contributed by atoms with E-state index in [0.717, 1.165) is 5.56 Å². The molecule has 7 heteroatoms. The molecule has 1 amide bonds. The van der Waals surface area contributed by atoms with Crippen molar-refractivity contribution >= 4 is 35.1 Å². The lowest BCUT2D eigenvalue weighted by atomic mass is 10.1. The Bertz CT molecular complexity index is 528. The number of halogens is 2. The summed E-state index contributed by atoms with van der Waals surface area (Å²) in [5, 5.41) is 0.306. The van der Waals surface area contributed by atoms with E-state index in [1.807, 2.05) is 27.7 Å². The molecule has 1 aromatic rings. The maximum atomic E-state index is 12.1. The lowest BCUT2D eigenvalue weighted by Crippen LogP contribution is -2.36. The minimum atomic E-state index is -0.566. The largest absolute Gasteiger partial charge is 0.443 e. The topological polar surface area (TPSA) is 55.3 Å². The third kappa shape index (κ3) is 2.92. The highest BCUT2D eigenvalue weighted by molar-refractivity contribution is 6.33. The summed E-state index contributed by atoms with van der Waals surface area (Å²) in [7, 11) is 0. The SMILES string of the molecule is CC1CN(C(=O)OC(C)(C)C)c2nc(Cl)nc(Cl)c21. The molecule has 0 bridgehead atoms. The Morgan fingerprint density at radius 2 is 2.00 bits per heavy atom. The summed E-state index contributed by atoms with van der Waals surface area (Å²) < 4.78 is 5.35. The second kappa shape index (κ2) is 4.80. The first-order valence-electron chi connectivity index (χ1n) is 5.92. The Morgan fingerprint density at radius 3 is 2.58 bits per heavy atom. The number of hydrogen-bond acceptors (Lipinski definition) is 4. The van der Waals surface area contributed by atoms with E-state index in [1.165, 1.54) is 4.90 Å². The first-order valence-corrected chi connectivity index (χ1v) is 6.68. The Kier molecular flexibility index (Phi) is 3.62. The van der Waals surface area contributed by atoms with Crippen LogP contribution in [-0.4, -0.2) is 28.2 Å². The van der Waals surface area contributed by atoms with Crippen molar-refractivity contribution in [2.24, 2.45) is 0 Å². The number of aromatic nitrogens is 2. The van der Waals surface area contributed by atoms with Crippen LogP contribution in [-0.2, 0) is 4.74 Å². The maximum absolute atomic E-state index is 12.1. The van der Waals surface area contributed by atoms with Crippen LogP contribution in [0.25, 0.3) is 0 Å². The van der Waals surface area contributed by atoms with Crippen LogP contribution in [0.3, 0.4) is 0 Å². The van der Waals surface area contributed by atoms with Gasteiger partial charge in [-0.05, 0) is 32.4 Å². The number of fused-ring (bicyclic) bond motifs is 1. The number of nitrogens with zero attached hydrogens (tertiary/aromatic N) is 3. The number of carbonyl (C=O) groups is 1. The van der Waals surface area contributed by atoms with E-state index in [0.29, 0.717) is 12.4 Å². The average Bonchev–Trinajstić information content (AvgIpc) is 2.53. The molecular formula is C12H15Cl2N3O2. The smallest absolute Gasteiger partial charge is 0.416 e. The van der Waals surface area contributed by atoms with Gasteiger partial charge in [0.2, 0.25) is 5.28 Å². The number of amides is 1. The third-order valence-corrected chi connectivity index (χ3v) is 3.13. The lowest BCUT2D eigenvalue weighted by molar-refractivity contribution is 0.0581. The zero-order chi connectivity index (χ0) is 14.4. The molecule has 1 aliphatic rings. The number of ether oxygens (including phenoxy) is 1. The molecular weight excluding hydrogens is 289 g/mol. The van der Waals surface area contributed by atoms with Gasteiger partial charge in [-0.15, -0.1) is 0 Å². The lowest BCUT2D eigenvalue weighted by Gasteiger charge is -2.24. The van der Waals surface area contributed by atoms with E-state index in [-0.39, 0.29) is 16.4 Å². The summed E-state index contributed by atoms with van der Waals surface area (Å²) in [5.74, 6) is 0.485. The molecule has 1 aliphatic heterocycles. The van der Waals surface area contributed by atoms with Gasteiger partial charge in [-0.3, -0.25) is 4.90 Å². The van der Waals surface area contributed by atoms with Crippen LogP contribution in [0.1, 0.15) is 39.2 Å². The van der Waals surface area contributed by atoms with Crippen molar-refractivity contribution in [2.45, 2.75) is 39.2 Å². The molecule has 1 aromatic heterocycles. The molecule has 0 N–H and O–H groups in total. The fraction of sp³-hybridized carbons (Fsp3) is 0.583. The van der Waals surface area contributed by atoms with Gasteiger partial charge in [-0.1, -0.05) is 18.5 Å². The van der Waals surface area contributed by atoms with Crippen LogP contribution < -0.4 is 4.90 Å². The molecule has 0 aromatic carbocycles. The zero-order valence-electron chi connectivity index (χ0n) is 11.2. The highest BCUT2D eigenvalue weighted by Gasteiger charge is 2.36. The van der Waals surface area contributed by atoms with E-state index in [4.69, 9.17) is 27.9 Å². The Balaban J connectivity index is 2.36. The highest BCUT2D eigenvalue weighted by atomic mass is 35.5. The summed E-state index contributed by atoms with van der Waals surface area (Å²) in [5.41, 5.74) is 0.167. The molecule has 0 spiro atoms. The molecule has 0 saturated carbocycles. The number of rotatable bonds is 0. The summed E-state index contributed by atoms with van der Waals surface area (Å²) in [4.78, 5) is 21.6. The van der Waals surface area contributed by atoms with E-state index < -0.39 is 11.7 Å². The van der Waals surface area contributed by atoms with Gasteiger partial charge in [0.25, 0.3) is 0 Å². The van der Waals surface area contributed by atoms with Crippen molar-refractivity contribution in [3.63, 3.8) is 0 Å². The predicted molar refractivity (Wildman–Crippen MR) is 74.0 cm³/mol. The normalized spacial score (nSPS) is 18.4. The van der Waals surface area contributed by atoms with E-state index in [1.54, 1.807) is 0 Å². The highest BCUT2D eigenvalue weighted by Crippen LogP contribution is 2.39. The van der Waals surface area contributed by atoms with E-state index in [2.05, 4.69) is 9.97 Å². The standard InChI is InChI=1S/C12H15Cl2N3O2/c1-6-5-17(11(18)19-12(2,3)4)9-7(6)8(13)15-10(14)16-9/h6H,5H2,1-4H3. The number of hydrogen-bond donors (Lipinski definition) is 0. The van der Waals surface area contributed by atoms with Gasteiger partial charge in [-0.25, -0.2) is 9.78 Å². The minimum absolute atomic E-state index is 0.0198. The average molecular weight is 304 g/mol. The second-order valence-corrected chi connectivity index (χ2v) is 6.21. The van der Waals surface area contributed by atoms with Crippen molar-refractivity contribution in [1.82, 2.24) is 9.97 Å². The molecule has 2 heterocycles. The fourth-order valence-corrected chi connectivity index (χ4v) is 2.52. The quantitative estimate of drug-likeness (QED) is 0.542. The van der Waals surface area contributed by atoms with E-state index >= 15 is 0 Å². The van der Waals surface area contributed by atoms with Crippen LogP contribution in [0, 0.1) is 0 Å². The van der Waals surface area contributed by atoms with Crippen LogP contribution >= 0.6 is 23.2 Å². The first-order chi connectivity index (χ1) is 8.69. The second-order valence-electron chi connectivity index (χ2n) is 5.51. The maximum Gasteiger partial charge on any atom is 0.416 e. The van der Waals surface area contributed by atoms with Crippen molar-refractivity contribution in [3.8, 4) is 0 Å². The van der Waals surface area contributed by atoms with Crippen molar-refractivity contribution in [1.29, 1.82) is 0 Å². The van der Waals surface area contributed by atoms with Gasteiger partial charge < -0.3 is 4.74 Å². The summed E-state index contributed by atoms with van der Waals surface area (Å²) >= 11 is 11.9. The van der Waals surface area contributed by atoms with Crippen molar-refractivity contribution in [2.75, 3.05) is 11.4 Å². The monoisotopic (exact) mass is 303 g/mol. The molecule has 104 valence electrons. The number of anilines is 1. The Hall–Kier alpha value is -1.07. The molecule has 1 unspecified atom stereocenters. The molecule has 1 atom stereocenters. The van der Waals surface area contributed by atoms with Crippen molar-refractivity contribution < 1.29 is 9.53 Å². The van der Waals surface area contributed by atoms with Gasteiger partial charge in [0, 0.05) is 18.0 Å². The van der Waals surface area contributed by atoms with Gasteiger partial charge >= 0.3 is 6.09 Å². The summed E-state index contributed by atoms with van der Waals surface area (Å²) in [6, 6.07) is 0. The van der Waals surface area contributed by atoms with Gasteiger partial charge in [0.05, 0.1) is 0 Å². The van der Waals surface area contributed by atoms with Gasteiger partial charge in [-0.2, -0.15) is 4.98 Å². The minimum Gasteiger partial charge on any atom is -0.443 e. The molecule has 0 fully saturated rings. The van der Waals surface area contributed by atoms with Crippen LogP contribution in [0.5, 0.6) is 0 Å². The fourth-order valence-electron chi connectivity index (χ4n) is 1.97. The Morgan fingerprint density at radius 1 is 1.37 bits per heavy atom. The predicted octanol–water partition coefficient (Wildman–Crippen LogP) is 3.64. The summed E-state index contributed by atoms with van der Waals surface area (Å²) in [6.45, 7) is 7.84. The van der Waals surface area contributed by atoms with Crippen LogP contribution in [0.2, 0.25) is 10.4 Å². The van der Waals surface area contributed by atoms with Gasteiger partial charge in [0.1, 0.15) is 16.6 Å². The third-order valence-electron chi connectivity index (χ3n) is 2.67. The molecule has 0 saturated heterocycles.